The second-order valence-electron chi connectivity index (χ2n) is 8.36. The minimum absolute atomic E-state index is 0.129. The Morgan fingerprint density at radius 2 is 2.09 bits per heavy atom. The van der Waals surface area contributed by atoms with E-state index in [9.17, 15) is 4.79 Å². The second-order valence-corrected chi connectivity index (χ2v) is 9.68. The van der Waals surface area contributed by atoms with Crippen molar-refractivity contribution in [3.63, 3.8) is 0 Å². The van der Waals surface area contributed by atoms with E-state index in [4.69, 9.17) is 25.8 Å². The molecule has 1 atom stereocenters. The number of hydrogen-bond donors (Lipinski definition) is 1. The van der Waals surface area contributed by atoms with Crippen molar-refractivity contribution < 1.29 is 19.0 Å². The molecular formula is C22H24ClN5O4S. The second kappa shape index (κ2) is 9.58. The molecule has 3 aromatic heterocycles. The molecule has 0 aliphatic carbocycles. The van der Waals surface area contributed by atoms with E-state index in [-0.39, 0.29) is 16.7 Å². The van der Waals surface area contributed by atoms with Gasteiger partial charge in [0.15, 0.2) is 0 Å². The Balaban J connectivity index is 1.49. The Kier molecular flexibility index (Phi) is 6.78. The van der Waals surface area contributed by atoms with Crippen LogP contribution in [0.2, 0.25) is 5.15 Å². The van der Waals surface area contributed by atoms with Gasteiger partial charge in [0.05, 0.1) is 37.7 Å². The van der Waals surface area contributed by atoms with Crippen LogP contribution in [0.5, 0.6) is 10.9 Å². The van der Waals surface area contributed by atoms with E-state index in [2.05, 4.69) is 39.3 Å². The normalized spacial score (nSPS) is 17.1. The number of nitrogens with one attached hydrogen (secondary N) is 1. The lowest BCUT2D eigenvalue weighted by Gasteiger charge is -2.15. The highest BCUT2D eigenvalue weighted by atomic mass is 35.5. The van der Waals surface area contributed by atoms with Crippen LogP contribution in [0.4, 0.5) is 5.13 Å². The van der Waals surface area contributed by atoms with Crippen LogP contribution in [0.3, 0.4) is 0 Å². The molecular weight excluding hydrogens is 466 g/mol. The highest BCUT2D eigenvalue weighted by molar-refractivity contribution is 7.17. The molecule has 9 nitrogen and oxygen atoms in total. The summed E-state index contributed by atoms with van der Waals surface area (Å²) in [5.74, 6) is 0.399. The number of amides is 1. The Labute approximate surface area is 200 Å². The predicted molar refractivity (Wildman–Crippen MR) is 125 cm³/mol. The smallest absolute Gasteiger partial charge is 0.295 e. The molecule has 0 bridgehead atoms. The summed E-state index contributed by atoms with van der Waals surface area (Å²) < 4.78 is 16.9. The third kappa shape index (κ3) is 5.58. The number of anilines is 1. The molecule has 1 aliphatic heterocycles. The first-order valence-corrected chi connectivity index (χ1v) is 11.5. The van der Waals surface area contributed by atoms with E-state index in [1.807, 2.05) is 6.92 Å². The number of halogens is 1. The average Bonchev–Trinajstić information content (AvgIpc) is 3.37. The number of hydrogen-bond acceptors (Lipinski definition) is 9. The van der Waals surface area contributed by atoms with Crippen LogP contribution in [0.25, 0.3) is 11.1 Å². The molecule has 1 aliphatic rings. The number of carbonyl (C=O) groups excluding carboxylic acids is 1. The molecule has 1 amide bonds. The molecule has 4 heterocycles. The van der Waals surface area contributed by atoms with Gasteiger partial charge in [-0.3, -0.25) is 15.1 Å². The van der Waals surface area contributed by atoms with Gasteiger partial charge in [-0.15, -0.1) is 5.10 Å². The van der Waals surface area contributed by atoms with Crippen molar-refractivity contribution in [2.75, 3.05) is 25.6 Å². The number of aromatic nitrogens is 4. The maximum atomic E-state index is 13.1. The van der Waals surface area contributed by atoms with Crippen molar-refractivity contribution >= 4 is 34.0 Å². The SMILES string of the molecule is COc1cnc(Cl)cc1-c1cc(C)ncc1C(=O)Nc1nnc(OC[C@H]2COC(C)(C)C2)s1. The number of pyridine rings is 2. The van der Waals surface area contributed by atoms with Gasteiger partial charge in [0.25, 0.3) is 11.1 Å². The molecule has 1 fully saturated rings. The molecule has 3 aromatic rings. The zero-order valence-corrected chi connectivity index (χ0v) is 20.3. The maximum Gasteiger partial charge on any atom is 0.295 e. The summed E-state index contributed by atoms with van der Waals surface area (Å²) in [6, 6.07) is 3.44. The predicted octanol–water partition coefficient (Wildman–Crippen LogP) is 4.41. The fourth-order valence-corrected chi connectivity index (χ4v) is 4.45. The number of nitrogens with zero attached hydrogens (tertiary/aromatic N) is 4. The van der Waals surface area contributed by atoms with E-state index in [1.165, 1.54) is 19.5 Å². The summed E-state index contributed by atoms with van der Waals surface area (Å²) in [7, 11) is 1.53. The van der Waals surface area contributed by atoms with Crippen LogP contribution in [0.15, 0.2) is 24.5 Å². The van der Waals surface area contributed by atoms with Gasteiger partial charge in [0, 0.05) is 28.9 Å². The van der Waals surface area contributed by atoms with Crippen molar-refractivity contribution in [3.05, 3.63) is 40.9 Å². The Morgan fingerprint density at radius 1 is 1.27 bits per heavy atom. The number of rotatable bonds is 7. The quantitative estimate of drug-likeness (QED) is 0.486. The monoisotopic (exact) mass is 489 g/mol. The summed E-state index contributed by atoms with van der Waals surface area (Å²) in [5, 5.41) is 11.8. The summed E-state index contributed by atoms with van der Waals surface area (Å²) >= 11 is 7.26. The molecule has 0 radical (unpaired) electrons. The van der Waals surface area contributed by atoms with E-state index in [0.717, 1.165) is 23.5 Å². The van der Waals surface area contributed by atoms with Gasteiger partial charge in [-0.05, 0) is 50.7 Å². The zero-order valence-electron chi connectivity index (χ0n) is 18.7. The fraction of sp³-hybridized carbons (Fsp3) is 0.409. The van der Waals surface area contributed by atoms with Gasteiger partial charge in [0.2, 0.25) is 5.13 Å². The molecule has 33 heavy (non-hydrogen) atoms. The van der Waals surface area contributed by atoms with Crippen LogP contribution < -0.4 is 14.8 Å². The lowest BCUT2D eigenvalue weighted by Crippen LogP contribution is -2.18. The van der Waals surface area contributed by atoms with Gasteiger partial charge < -0.3 is 14.2 Å². The molecule has 0 unspecified atom stereocenters. The molecule has 0 spiro atoms. The molecule has 4 rings (SSSR count). The van der Waals surface area contributed by atoms with Gasteiger partial charge in [-0.1, -0.05) is 16.7 Å². The minimum Gasteiger partial charge on any atom is -0.494 e. The average molecular weight is 490 g/mol. The van der Waals surface area contributed by atoms with Crippen molar-refractivity contribution in [1.29, 1.82) is 0 Å². The Bertz CT molecular complexity index is 1170. The van der Waals surface area contributed by atoms with Crippen molar-refractivity contribution in [3.8, 4) is 22.1 Å². The van der Waals surface area contributed by atoms with Gasteiger partial charge >= 0.3 is 0 Å². The van der Waals surface area contributed by atoms with Crippen LogP contribution in [-0.4, -0.2) is 52.0 Å². The molecule has 1 saturated heterocycles. The summed E-state index contributed by atoms with van der Waals surface area (Å²) in [6.07, 6.45) is 3.94. The Morgan fingerprint density at radius 3 is 2.82 bits per heavy atom. The molecule has 11 heteroatoms. The topological polar surface area (TPSA) is 108 Å². The number of aryl methyl sites for hydroxylation is 1. The first kappa shape index (κ1) is 23.3. The van der Waals surface area contributed by atoms with Crippen LogP contribution in [-0.2, 0) is 4.74 Å². The lowest BCUT2D eigenvalue weighted by molar-refractivity contribution is 0.0341. The van der Waals surface area contributed by atoms with E-state index in [0.29, 0.717) is 51.9 Å². The lowest BCUT2D eigenvalue weighted by atomic mass is 9.99. The van der Waals surface area contributed by atoms with Crippen molar-refractivity contribution in [1.82, 2.24) is 20.2 Å². The Hall–Kier alpha value is -2.82. The van der Waals surface area contributed by atoms with Crippen molar-refractivity contribution in [2.24, 2.45) is 5.92 Å². The third-order valence-corrected chi connectivity index (χ3v) is 6.15. The van der Waals surface area contributed by atoms with Crippen LogP contribution >= 0.6 is 22.9 Å². The summed E-state index contributed by atoms with van der Waals surface area (Å²) in [6.45, 7) is 7.11. The highest BCUT2D eigenvalue weighted by Crippen LogP contribution is 2.35. The molecule has 0 saturated carbocycles. The zero-order chi connectivity index (χ0) is 23.6. The third-order valence-electron chi connectivity index (χ3n) is 5.19. The number of ether oxygens (including phenoxy) is 3. The largest absolute Gasteiger partial charge is 0.494 e. The first-order chi connectivity index (χ1) is 15.7. The fourth-order valence-electron chi connectivity index (χ4n) is 3.69. The van der Waals surface area contributed by atoms with Crippen molar-refractivity contribution in [2.45, 2.75) is 32.8 Å². The van der Waals surface area contributed by atoms with Gasteiger partial charge in [-0.2, -0.15) is 0 Å². The summed E-state index contributed by atoms with van der Waals surface area (Å²) in [4.78, 5) is 21.4. The number of methoxy groups -OCH3 is 1. The maximum absolute atomic E-state index is 13.1. The van der Waals surface area contributed by atoms with Crippen LogP contribution in [0.1, 0.15) is 36.3 Å². The summed E-state index contributed by atoms with van der Waals surface area (Å²) in [5.41, 5.74) is 2.20. The standard InChI is InChI=1S/C22H24ClN5O4S/c1-12-5-14(15-6-18(23)25-9-17(15)30-4)16(8-24-12)19(29)26-20-27-28-21(33-20)31-10-13-7-22(2,3)32-11-13/h5-6,8-9,13H,7,10-11H2,1-4H3,(H,26,27,29)/t13-/m0/s1. The van der Waals surface area contributed by atoms with Crippen LogP contribution in [0, 0.1) is 12.8 Å². The molecule has 0 aromatic carbocycles. The molecule has 1 N–H and O–H groups in total. The number of carbonyl (C=O) groups is 1. The molecule has 174 valence electrons. The van der Waals surface area contributed by atoms with Gasteiger partial charge in [-0.25, -0.2) is 4.98 Å². The minimum atomic E-state index is -0.388. The van der Waals surface area contributed by atoms with E-state index >= 15 is 0 Å². The van der Waals surface area contributed by atoms with E-state index < -0.39 is 0 Å². The van der Waals surface area contributed by atoms with Gasteiger partial charge in [0.1, 0.15) is 10.9 Å². The highest BCUT2D eigenvalue weighted by Gasteiger charge is 2.32. The van der Waals surface area contributed by atoms with E-state index in [1.54, 1.807) is 12.1 Å². The first-order valence-electron chi connectivity index (χ1n) is 10.3.